The van der Waals surface area contributed by atoms with E-state index in [4.69, 9.17) is 0 Å². The molecule has 0 saturated carbocycles. The second-order valence-corrected chi connectivity index (χ2v) is 6.12. The maximum Gasteiger partial charge on any atom is 0.317 e. The predicted octanol–water partition coefficient (Wildman–Crippen LogP) is -1.96. The number of rotatable bonds is 6. The molecule has 0 aliphatic rings. The summed E-state index contributed by atoms with van der Waals surface area (Å²) in [5, 5.41) is 1.96. The number of carbonyl (C=O) groups excluding carboxylic acids is 1. The second-order valence-electron chi connectivity index (χ2n) is 4.24. The van der Waals surface area contributed by atoms with Gasteiger partial charge in [0.2, 0.25) is 0 Å². The van der Waals surface area contributed by atoms with Crippen LogP contribution >= 0.6 is 23.5 Å². The third kappa shape index (κ3) is 4.29. The topological polar surface area (TPSA) is 43.7 Å². The van der Waals surface area contributed by atoms with Gasteiger partial charge in [0, 0.05) is 19.4 Å². The molecule has 0 N–H and O–H groups in total. The third-order valence-electron chi connectivity index (χ3n) is 2.62. The fraction of sp³-hybridized carbons (Fsp3) is 0.417. The van der Waals surface area contributed by atoms with E-state index in [1.807, 2.05) is 53.4 Å². The molecule has 0 bridgehead atoms. The van der Waals surface area contributed by atoms with Crippen molar-refractivity contribution >= 4 is 29.3 Å². The summed E-state index contributed by atoms with van der Waals surface area (Å²) in [5.74, 6) is 1.17. The summed E-state index contributed by atoms with van der Waals surface area (Å²) in [4.78, 5) is 16.1. The van der Waals surface area contributed by atoms with Crippen molar-refractivity contribution in [3.63, 3.8) is 0 Å². The zero-order valence-electron chi connectivity index (χ0n) is 11.6. The van der Waals surface area contributed by atoms with Gasteiger partial charge in [-0.1, -0.05) is 11.8 Å². The third-order valence-corrected chi connectivity index (χ3v) is 5.04. The Morgan fingerprint density at radius 2 is 1.95 bits per heavy atom. The molecule has 0 aliphatic heterocycles. The zero-order chi connectivity index (χ0) is 13.8. The molecule has 0 aromatic carbocycles. The first-order valence-corrected chi connectivity index (χ1v) is 7.80. The van der Waals surface area contributed by atoms with Crippen LogP contribution in [0.2, 0.25) is 0 Å². The summed E-state index contributed by atoms with van der Waals surface area (Å²) in [6, 6.07) is 0. The Kier molecular flexibility index (Phi) is 6.64. The molecule has 0 radical (unpaired) electrons. The van der Waals surface area contributed by atoms with Crippen LogP contribution in [0.4, 0.5) is 0 Å². The summed E-state index contributed by atoms with van der Waals surface area (Å²) < 4.78 is 5.95. The van der Waals surface area contributed by atoms with Crippen LogP contribution in [-0.4, -0.2) is 31.4 Å². The van der Waals surface area contributed by atoms with E-state index in [9.17, 15) is 4.79 Å². The molecule has 0 atom stereocenters. The lowest BCUT2D eigenvalue weighted by Gasteiger charge is -2.01. The van der Waals surface area contributed by atoms with Crippen molar-refractivity contribution in [2.45, 2.75) is 10.3 Å². The van der Waals surface area contributed by atoms with E-state index < -0.39 is 0 Å². The second kappa shape index (κ2) is 7.75. The fourth-order valence-electron chi connectivity index (χ4n) is 1.60. The first-order valence-electron chi connectivity index (χ1n) is 5.83. The van der Waals surface area contributed by atoms with Crippen LogP contribution in [-0.2, 0) is 25.9 Å². The van der Waals surface area contributed by atoms with Crippen molar-refractivity contribution in [3.8, 4) is 0 Å². The molecule has 2 heterocycles. The maximum atomic E-state index is 11.9. The first kappa shape index (κ1) is 17.1. The lowest BCUT2D eigenvalue weighted by molar-refractivity contribution is -0.709. The standard InChI is InChI=1S/C12H17N4OS2.ClH/c1-14-5-4-13-11(14)18-8-10(17)9-19-12-15(2)6-7-16(12)3;/h4-7H,8-9H2,1-3H3;1H/q+1;/p-1. The van der Waals surface area contributed by atoms with Crippen LogP contribution in [0.3, 0.4) is 0 Å². The number of carbonyl (C=O) groups is 1. The lowest BCUT2D eigenvalue weighted by Crippen LogP contribution is -3.00. The van der Waals surface area contributed by atoms with Gasteiger partial charge in [0.15, 0.2) is 10.9 Å². The van der Waals surface area contributed by atoms with E-state index in [0.717, 1.165) is 10.3 Å². The molecule has 20 heavy (non-hydrogen) atoms. The van der Waals surface area contributed by atoms with Gasteiger partial charge >= 0.3 is 5.16 Å². The minimum absolute atomic E-state index is 0. The smallest absolute Gasteiger partial charge is 0.317 e. The van der Waals surface area contributed by atoms with Gasteiger partial charge in [-0.2, -0.15) is 0 Å². The van der Waals surface area contributed by atoms with Crippen molar-refractivity contribution in [2.75, 3.05) is 11.5 Å². The van der Waals surface area contributed by atoms with Crippen molar-refractivity contribution in [1.82, 2.24) is 14.1 Å². The SMILES string of the molecule is Cn1ccnc1SCC(=O)CSc1n(C)cc[n+]1C.[Cl-]. The molecule has 0 amide bonds. The largest absolute Gasteiger partial charge is 1.00 e. The molecular weight excluding hydrogens is 316 g/mol. The van der Waals surface area contributed by atoms with Gasteiger partial charge in [-0.3, -0.25) is 4.79 Å². The zero-order valence-corrected chi connectivity index (χ0v) is 14.0. The number of nitrogens with zero attached hydrogens (tertiary/aromatic N) is 4. The molecule has 0 aliphatic carbocycles. The Labute approximate surface area is 133 Å². The van der Waals surface area contributed by atoms with Crippen LogP contribution in [0.5, 0.6) is 0 Å². The van der Waals surface area contributed by atoms with Crippen molar-refractivity contribution in [1.29, 1.82) is 0 Å². The maximum absolute atomic E-state index is 11.9. The Morgan fingerprint density at radius 3 is 2.50 bits per heavy atom. The molecule has 0 saturated heterocycles. The number of aryl methyl sites for hydroxylation is 3. The van der Waals surface area contributed by atoms with Crippen LogP contribution in [0, 0.1) is 0 Å². The highest BCUT2D eigenvalue weighted by atomic mass is 35.5. The minimum atomic E-state index is 0. The summed E-state index contributed by atoms with van der Waals surface area (Å²) in [6.45, 7) is 0. The van der Waals surface area contributed by atoms with E-state index in [2.05, 4.69) is 4.98 Å². The normalized spacial score (nSPS) is 10.3. The average Bonchev–Trinajstić information content (AvgIpc) is 2.92. The number of Topliss-reactive ketones (excluding diaryl/α,β-unsaturated/α-hetero) is 1. The lowest BCUT2D eigenvalue weighted by atomic mass is 10.5. The molecule has 0 fully saturated rings. The molecule has 8 heteroatoms. The number of aromatic nitrogens is 4. The Morgan fingerprint density at radius 1 is 1.25 bits per heavy atom. The fourth-order valence-corrected chi connectivity index (χ4v) is 3.45. The monoisotopic (exact) mass is 332 g/mol. The quantitative estimate of drug-likeness (QED) is 0.455. The molecule has 0 unspecified atom stereocenters. The average molecular weight is 333 g/mol. The van der Waals surface area contributed by atoms with Gasteiger partial charge < -0.3 is 17.0 Å². The summed E-state index contributed by atoms with van der Waals surface area (Å²) in [6.07, 6.45) is 7.59. The van der Waals surface area contributed by atoms with E-state index >= 15 is 0 Å². The van der Waals surface area contributed by atoms with Crippen LogP contribution in [0.25, 0.3) is 0 Å². The molecule has 110 valence electrons. The van der Waals surface area contributed by atoms with E-state index in [0.29, 0.717) is 11.5 Å². The molecule has 2 aromatic rings. The summed E-state index contributed by atoms with van der Waals surface area (Å²) >= 11 is 3.05. The molecule has 2 rings (SSSR count). The van der Waals surface area contributed by atoms with Crippen LogP contribution in [0.1, 0.15) is 0 Å². The summed E-state index contributed by atoms with van der Waals surface area (Å²) in [5.41, 5.74) is 0. The van der Waals surface area contributed by atoms with E-state index in [-0.39, 0.29) is 18.2 Å². The van der Waals surface area contributed by atoms with Gasteiger partial charge in [-0.15, -0.1) is 0 Å². The first-order chi connectivity index (χ1) is 9.08. The van der Waals surface area contributed by atoms with Gasteiger partial charge in [-0.25, -0.2) is 14.1 Å². The highest BCUT2D eigenvalue weighted by Crippen LogP contribution is 2.17. The predicted molar refractivity (Wildman–Crippen MR) is 76.3 cm³/mol. The number of hydrogen-bond donors (Lipinski definition) is 0. The van der Waals surface area contributed by atoms with Gasteiger partial charge in [-0.05, 0) is 11.8 Å². The van der Waals surface area contributed by atoms with Gasteiger partial charge in [0.25, 0.3) is 0 Å². The van der Waals surface area contributed by atoms with Gasteiger partial charge in [0.05, 0.1) is 25.6 Å². The molecule has 0 spiro atoms. The van der Waals surface area contributed by atoms with E-state index in [1.54, 1.807) is 18.0 Å². The number of hydrogen-bond acceptors (Lipinski definition) is 4. The van der Waals surface area contributed by atoms with Crippen LogP contribution < -0.4 is 17.0 Å². The highest BCUT2D eigenvalue weighted by molar-refractivity contribution is 8.01. The van der Waals surface area contributed by atoms with Crippen molar-refractivity contribution < 1.29 is 21.8 Å². The number of ketones is 1. The molecule has 2 aromatic heterocycles. The van der Waals surface area contributed by atoms with E-state index in [1.165, 1.54) is 11.8 Å². The Hall–Kier alpha value is -0.920. The highest BCUT2D eigenvalue weighted by Gasteiger charge is 2.14. The number of halogens is 1. The minimum Gasteiger partial charge on any atom is -1.00 e. The van der Waals surface area contributed by atoms with Crippen LogP contribution in [0.15, 0.2) is 35.1 Å². The molecule has 5 nitrogen and oxygen atoms in total. The van der Waals surface area contributed by atoms with Crippen molar-refractivity contribution in [3.05, 3.63) is 24.8 Å². The Bertz CT molecular complexity index is 562. The number of thioether (sulfide) groups is 2. The molecular formula is C12H17ClN4OS2. The Balaban J connectivity index is 0.00000200. The number of imidazole rings is 2. The van der Waals surface area contributed by atoms with Gasteiger partial charge in [0.1, 0.15) is 12.4 Å². The van der Waals surface area contributed by atoms with Crippen molar-refractivity contribution in [2.24, 2.45) is 21.1 Å². The summed E-state index contributed by atoms with van der Waals surface area (Å²) in [7, 11) is 5.89.